The van der Waals surface area contributed by atoms with Crippen LogP contribution in [0, 0.1) is 5.41 Å². The molecule has 0 amide bonds. The van der Waals surface area contributed by atoms with Crippen molar-refractivity contribution in [3.63, 3.8) is 0 Å². The van der Waals surface area contributed by atoms with E-state index in [1.54, 1.807) is 4.31 Å². The average Bonchev–Trinajstić information content (AvgIpc) is 2.27. The molecule has 2 unspecified atom stereocenters. The Morgan fingerprint density at radius 3 is 2.50 bits per heavy atom. The molecule has 0 aliphatic carbocycles. The third kappa shape index (κ3) is 3.91. The van der Waals surface area contributed by atoms with E-state index in [-0.39, 0.29) is 17.5 Å². The Morgan fingerprint density at radius 1 is 1.39 bits per heavy atom. The molecule has 1 rings (SSSR count). The summed E-state index contributed by atoms with van der Waals surface area (Å²) in [5, 5.41) is 0. The average molecular weight is 277 g/mol. The van der Waals surface area contributed by atoms with Gasteiger partial charge in [0.25, 0.3) is 10.2 Å². The lowest BCUT2D eigenvalue weighted by Gasteiger charge is -2.36. The lowest BCUT2D eigenvalue weighted by molar-refractivity contribution is 0.245. The maximum atomic E-state index is 12.4. The van der Waals surface area contributed by atoms with Crippen LogP contribution < -0.4 is 10.5 Å². The molecule has 1 fully saturated rings. The Hall–Kier alpha value is -0.170. The van der Waals surface area contributed by atoms with Crippen LogP contribution in [0.2, 0.25) is 0 Å². The van der Waals surface area contributed by atoms with Crippen LogP contribution in [0.5, 0.6) is 0 Å². The fraction of sp³-hybridized carbons (Fsp3) is 1.00. The lowest BCUT2D eigenvalue weighted by atomic mass is 9.89. The van der Waals surface area contributed by atoms with Gasteiger partial charge < -0.3 is 5.73 Å². The van der Waals surface area contributed by atoms with E-state index in [0.29, 0.717) is 13.1 Å². The maximum absolute atomic E-state index is 12.4. The van der Waals surface area contributed by atoms with Gasteiger partial charge in [0.15, 0.2) is 0 Å². The molecule has 0 bridgehead atoms. The van der Waals surface area contributed by atoms with Crippen LogP contribution in [-0.4, -0.2) is 37.9 Å². The Bertz CT molecular complexity index is 362. The van der Waals surface area contributed by atoms with Gasteiger partial charge in [-0.15, -0.1) is 0 Å². The summed E-state index contributed by atoms with van der Waals surface area (Å²) in [6, 6.07) is -0.161. The van der Waals surface area contributed by atoms with Crippen LogP contribution in [0.25, 0.3) is 0 Å². The fourth-order valence-electron chi connectivity index (χ4n) is 1.99. The summed E-state index contributed by atoms with van der Waals surface area (Å²) in [6.07, 6.45) is 2.84. The highest BCUT2D eigenvalue weighted by molar-refractivity contribution is 7.87. The van der Waals surface area contributed by atoms with Crippen molar-refractivity contribution in [1.82, 2.24) is 9.03 Å². The van der Waals surface area contributed by atoms with Crippen LogP contribution in [0.15, 0.2) is 0 Å². The standard InChI is InChI=1S/C12H27N3O2S/c1-10(12(2,3)4)14-18(16,17)15-8-6-5-7-11(15)9-13/h10-11,14H,5-9,13H2,1-4H3. The second kappa shape index (κ2) is 5.86. The van der Waals surface area contributed by atoms with Gasteiger partial charge in [0.05, 0.1) is 0 Å². The highest BCUT2D eigenvalue weighted by Gasteiger charge is 2.34. The lowest BCUT2D eigenvalue weighted by Crippen LogP contribution is -2.55. The summed E-state index contributed by atoms with van der Waals surface area (Å²) in [6.45, 7) is 8.95. The van der Waals surface area contributed by atoms with E-state index < -0.39 is 10.2 Å². The normalized spacial score (nSPS) is 25.1. The molecule has 3 N–H and O–H groups in total. The van der Waals surface area contributed by atoms with E-state index in [1.807, 2.05) is 27.7 Å². The maximum Gasteiger partial charge on any atom is 0.280 e. The van der Waals surface area contributed by atoms with Gasteiger partial charge in [-0.3, -0.25) is 0 Å². The van der Waals surface area contributed by atoms with Crippen LogP contribution >= 0.6 is 0 Å². The van der Waals surface area contributed by atoms with Crippen LogP contribution in [0.3, 0.4) is 0 Å². The van der Waals surface area contributed by atoms with E-state index in [0.717, 1.165) is 19.3 Å². The zero-order chi connectivity index (χ0) is 14.0. The number of nitrogens with zero attached hydrogens (tertiary/aromatic N) is 1. The molecule has 18 heavy (non-hydrogen) atoms. The molecule has 6 heteroatoms. The van der Waals surface area contributed by atoms with Crippen molar-refractivity contribution in [1.29, 1.82) is 0 Å². The molecule has 0 spiro atoms. The smallest absolute Gasteiger partial charge is 0.280 e. The van der Waals surface area contributed by atoms with E-state index >= 15 is 0 Å². The van der Waals surface area contributed by atoms with Crippen molar-refractivity contribution in [2.24, 2.45) is 11.1 Å². The first-order valence-corrected chi connectivity index (χ1v) is 8.11. The second-order valence-electron chi connectivity index (χ2n) is 6.21. The topological polar surface area (TPSA) is 75.4 Å². The largest absolute Gasteiger partial charge is 0.329 e. The predicted molar refractivity (Wildman–Crippen MR) is 74.4 cm³/mol. The Labute approximate surface area is 111 Å². The minimum Gasteiger partial charge on any atom is -0.329 e. The number of nitrogens with two attached hydrogens (primary N) is 1. The van der Waals surface area contributed by atoms with Gasteiger partial charge in [0.1, 0.15) is 0 Å². The summed E-state index contributed by atoms with van der Waals surface area (Å²) in [7, 11) is -3.42. The number of piperidine rings is 1. The molecular formula is C12H27N3O2S. The number of hydrogen-bond acceptors (Lipinski definition) is 3. The second-order valence-corrected chi connectivity index (χ2v) is 7.86. The fourth-order valence-corrected chi connectivity index (χ4v) is 3.88. The van der Waals surface area contributed by atoms with Gasteiger partial charge in [-0.05, 0) is 25.2 Å². The Balaban J connectivity index is 2.79. The van der Waals surface area contributed by atoms with Crippen LogP contribution in [-0.2, 0) is 10.2 Å². The Morgan fingerprint density at radius 2 is 2.00 bits per heavy atom. The highest BCUT2D eigenvalue weighted by Crippen LogP contribution is 2.23. The molecule has 1 heterocycles. The van der Waals surface area contributed by atoms with Crippen molar-refractivity contribution < 1.29 is 8.42 Å². The first kappa shape index (κ1) is 15.9. The summed E-state index contributed by atoms with van der Waals surface area (Å²) >= 11 is 0. The van der Waals surface area contributed by atoms with Gasteiger partial charge >= 0.3 is 0 Å². The molecule has 0 aromatic carbocycles. The quantitative estimate of drug-likeness (QED) is 0.807. The van der Waals surface area contributed by atoms with Gasteiger partial charge in [-0.2, -0.15) is 17.4 Å². The molecule has 0 saturated carbocycles. The predicted octanol–water partition coefficient (Wildman–Crippen LogP) is 1.07. The monoisotopic (exact) mass is 277 g/mol. The first-order chi connectivity index (χ1) is 8.18. The summed E-state index contributed by atoms with van der Waals surface area (Å²) in [4.78, 5) is 0. The Kier molecular flexibility index (Phi) is 5.17. The van der Waals surface area contributed by atoms with E-state index in [2.05, 4.69) is 4.72 Å². The summed E-state index contributed by atoms with van der Waals surface area (Å²) in [5.41, 5.74) is 5.58. The number of nitrogens with one attached hydrogen (secondary N) is 1. The zero-order valence-electron chi connectivity index (χ0n) is 11.9. The van der Waals surface area contributed by atoms with Crippen molar-refractivity contribution in [2.45, 2.75) is 59.0 Å². The van der Waals surface area contributed by atoms with Crippen molar-refractivity contribution in [2.75, 3.05) is 13.1 Å². The van der Waals surface area contributed by atoms with Gasteiger partial charge in [0.2, 0.25) is 0 Å². The van der Waals surface area contributed by atoms with Crippen molar-refractivity contribution >= 4 is 10.2 Å². The van der Waals surface area contributed by atoms with E-state index in [1.165, 1.54) is 0 Å². The molecule has 5 nitrogen and oxygen atoms in total. The SMILES string of the molecule is CC(NS(=O)(=O)N1CCCCC1CN)C(C)(C)C. The number of rotatable bonds is 4. The minimum absolute atomic E-state index is 0.0524. The molecule has 1 aliphatic rings. The van der Waals surface area contributed by atoms with Crippen molar-refractivity contribution in [3.05, 3.63) is 0 Å². The minimum atomic E-state index is -3.42. The summed E-state index contributed by atoms with van der Waals surface area (Å²) in [5.74, 6) is 0. The molecule has 2 atom stereocenters. The molecule has 1 saturated heterocycles. The van der Waals surface area contributed by atoms with Gasteiger partial charge in [-0.25, -0.2) is 0 Å². The number of hydrogen-bond donors (Lipinski definition) is 2. The third-order valence-electron chi connectivity index (χ3n) is 3.78. The van der Waals surface area contributed by atoms with Crippen LogP contribution in [0.1, 0.15) is 47.0 Å². The van der Waals surface area contributed by atoms with Crippen LogP contribution in [0.4, 0.5) is 0 Å². The third-order valence-corrected chi connectivity index (χ3v) is 5.53. The highest BCUT2D eigenvalue weighted by atomic mass is 32.2. The zero-order valence-corrected chi connectivity index (χ0v) is 12.8. The molecule has 1 aliphatic heterocycles. The van der Waals surface area contributed by atoms with Crippen molar-refractivity contribution in [3.8, 4) is 0 Å². The first-order valence-electron chi connectivity index (χ1n) is 6.67. The molecule has 0 aromatic heterocycles. The van der Waals surface area contributed by atoms with E-state index in [9.17, 15) is 8.42 Å². The molecule has 0 aromatic rings. The molecule has 108 valence electrons. The van der Waals surface area contributed by atoms with Gasteiger partial charge in [0, 0.05) is 25.2 Å². The molecule has 0 radical (unpaired) electrons. The molecular weight excluding hydrogens is 250 g/mol. The van der Waals surface area contributed by atoms with Gasteiger partial charge in [-0.1, -0.05) is 27.2 Å². The summed E-state index contributed by atoms with van der Waals surface area (Å²) < 4.78 is 29.1. The van der Waals surface area contributed by atoms with E-state index in [4.69, 9.17) is 5.73 Å².